The number of benzene rings is 1. The van der Waals surface area contributed by atoms with Crippen LogP contribution in [0.5, 0.6) is 0 Å². The van der Waals surface area contributed by atoms with E-state index in [1.165, 1.54) is 22.0 Å². The van der Waals surface area contributed by atoms with Crippen LogP contribution in [0.1, 0.15) is 32.3 Å². The van der Waals surface area contributed by atoms with Gasteiger partial charge >= 0.3 is 11.7 Å². The van der Waals surface area contributed by atoms with E-state index in [1.54, 1.807) is 17.2 Å². The lowest BCUT2D eigenvalue weighted by Gasteiger charge is -2.37. The van der Waals surface area contributed by atoms with E-state index in [-0.39, 0.29) is 17.8 Å². The second-order valence-electron chi connectivity index (χ2n) is 10.9. The summed E-state index contributed by atoms with van der Waals surface area (Å²) in [5, 5.41) is 12.0. The summed E-state index contributed by atoms with van der Waals surface area (Å²) in [5.41, 5.74) is 11.9. The lowest BCUT2D eigenvalue weighted by Crippen LogP contribution is -2.60. The largest absolute Gasteiger partial charge is 0.394 e. The zero-order valence-electron chi connectivity index (χ0n) is 22.8. The van der Waals surface area contributed by atoms with Crippen LogP contribution in [-0.2, 0) is 11.3 Å². The van der Waals surface area contributed by atoms with Crippen LogP contribution in [0.4, 0.5) is 10.6 Å². The number of carbonyl (C=O) groups excluding carboxylic acids is 2. The molecule has 4 rings (SSSR count). The van der Waals surface area contributed by atoms with Gasteiger partial charge in [-0.2, -0.15) is 4.98 Å². The number of nitrogens with one attached hydrogen (secondary N) is 1. The second kappa shape index (κ2) is 12.2. The quantitative estimate of drug-likeness (QED) is 0.386. The molecular formula is C27H40N8O4. The van der Waals surface area contributed by atoms with Gasteiger partial charge in [-0.15, -0.1) is 0 Å². The summed E-state index contributed by atoms with van der Waals surface area (Å²) < 4.78 is 1.43. The number of aliphatic hydroxyl groups is 1. The smallest absolute Gasteiger partial charge is 0.354 e. The van der Waals surface area contributed by atoms with Gasteiger partial charge in [0.25, 0.3) is 0 Å². The van der Waals surface area contributed by atoms with Gasteiger partial charge in [0.2, 0.25) is 5.91 Å². The first-order valence-electron chi connectivity index (χ1n) is 13.5. The van der Waals surface area contributed by atoms with Crippen molar-refractivity contribution in [3.05, 3.63) is 52.6 Å². The fourth-order valence-electron chi connectivity index (χ4n) is 5.06. The molecule has 1 aromatic carbocycles. The van der Waals surface area contributed by atoms with Crippen LogP contribution in [0.25, 0.3) is 5.69 Å². The molecule has 0 aliphatic carbocycles. The average molecular weight is 541 g/mol. The number of aromatic nitrogens is 2. The van der Waals surface area contributed by atoms with Gasteiger partial charge in [-0.3, -0.25) is 19.6 Å². The number of urea groups is 1. The van der Waals surface area contributed by atoms with E-state index < -0.39 is 23.9 Å². The zero-order valence-corrected chi connectivity index (χ0v) is 22.8. The highest BCUT2D eigenvalue weighted by atomic mass is 16.3. The predicted octanol–water partition coefficient (Wildman–Crippen LogP) is 0.178. The number of hydrogen-bond acceptors (Lipinski definition) is 8. The molecule has 212 valence electrons. The molecule has 12 nitrogen and oxygen atoms in total. The molecule has 12 heteroatoms. The van der Waals surface area contributed by atoms with Gasteiger partial charge in [0.05, 0.1) is 12.3 Å². The van der Waals surface area contributed by atoms with Gasteiger partial charge in [-0.05, 0) is 69.5 Å². The monoisotopic (exact) mass is 540 g/mol. The first kappa shape index (κ1) is 28.7. The molecule has 1 aromatic heterocycles. The molecule has 2 aliphatic heterocycles. The minimum absolute atomic E-state index is 0.154. The molecular weight excluding hydrogens is 500 g/mol. The number of anilines is 1. The topological polar surface area (TPSA) is 163 Å². The fraction of sp³-hybridized carbons (Fsp3) is 0.556. The molecule has 2 aliphatic rings. The Hall–Kier alpha value is -3.32. The maximum atomic E-state index is 12.7. The maximum Gasteiger partial charge on any atom is 0.354 e. The molecule has 2 aromatic rings. The van der Waals surface area contributed by atoms with Crippen molar-refractivity contribution in [1.29, 1.82) is 0 Å². The fourth-order valence-corrected chi connectivity index (χ4v) is 5.06. The van der Waals surface area contributed by atoms with Crippen molar-refractivity contribution in [3.8, 4) is 5.69 Å². The van der Waals surface area contributed by atoms with Crippen LogP contribution < -0.4 is 22.5 Å². The molecule has 0 saturated carbocycles. The summed E-state index contributed by atoms with van der Waals surface area (Å²) >= 11 is 0. The Kier molecular flexibility index (Phi) is 9.01. The van der Waals surface area contributed by atoms with Crippen molar-refractivity contribution in [2.75, 3.05) is 51.2 Å². The van der Waals surface area contributed by atoms with Crippen molar-refractivity contribution in [3.63, 3.8) is 0 Å². The summed E-state index contributed by atoms with van der Waals surface area (Å²) in [5.74, 6) is 0.392. The summed E-state index contributed by atoms with van der Waals surface area (Å²) in [6.07, 6.45) is 3.83. The summed E-state index contributed by atoms with van der Waals surface area (Å²) in [7, 11) is 0. The Morgan fingerprint density at radius 1 is 1.08 bits per heavy atom. The van der Waals surface area contributed by atoms with Crippen LogP contribution >= 0.6 is 0 Å². The number of hydrogen-bond donors (Lipinski definition) is 4. The predicted molar refractivity (Wildman–Crippen MR) is 148 cm³/mol. The normalized spacial score (nSPS) is 19.4. The highest BCUT2D eigenvalue weighted by molar-refractivity contribution is 5.89. The second-order valence-corrected chi connectivity index (χ2v) is 10.9. The van der Waals surface area contributed by atoms with Gasteiger partial charge in [0, 0.05) is 45.0 Å². The molecule has 3 amide bonds. The molecule has 0 radical (unpaired) electrons. The number of piperazine rings is 1. The van der Waals surface area contributed by atoms with Crippen LogP contribution in [0.15, 0.2) is 41.3 Å². The molecule has 3 heterocycles. The van der Waals surface area contributed by atoms with Gasteiger partial charge in [-0.25, -0.2) is 9.59 Å². The zero-order chi connectivity index (χ0) is 28.2. The SMILES string of the molecule is C[C@H](N)C1CCN(Cc2ccc(-n3ccc(NC(=O)N4CCN(C(=O)C(C)(N)CO)CC4)nc3=O)cc2)CC1. The number of piperidine rings is 1. The van der Waals surface area contributed by atoms with Gasteiger partial charge in [0.15, 0.2) is 0 Å². The third-order valence-corrected chi connectivity index (χ3v) is 7.71. The lowest BCUT2D eigenvalue weighted by molar-refractivity contribution is -0.139. The number of amides is 3. The molecule has 0 spiro atoms. The van der Waals surface area contributed by atoms with Crippen LogP contribution in [0.2, 0.25) is 0 Å². The Morgan fingerprint density at radius 3 is 2.26 bits per heavy atom. The van der Waals surface area contributed by atoms with Crippen molar-refractivity contribution >= 4 is 17.8 Å². The number of aliphatic hydroxyl groups excluding tert-OH is 1. The number of carbonyl (C=O) groups is 2. The number of rotatable bonds is 7. The summed E-state index contributed by atoms with van der Waals surface area (Å²) in [6.45, 7) is 7.24. The van der Waals surface area contributed by atoms with Crippen molar-refractivity contribution in [2.45, 2.75) is 44.8 Å². The van der Waals surface area contributed by atoms with Crippen LogP contribution in [0.3, 0.4) is 0 Å². The molecule has 39 heavy (non-hydrogen) atoms. The maximum absolute atomic E-state index is 12.7. The number of likely N-dealkylation sites (tertiary alicyclic amines) is 1. The highest BCUT2D eigenvalue weighted by Gasteiger charge is 2.34. The first-order chi connectivity index (χ1) is 18.6. The van der Waals surface area contributed by atoms with Gasteiger partial charge in [0.1, 0.15) is 11.4 Å². The Morgan fingerprint density at radius 2 is 1.69 bits per heavy atom. The number of nitrogens with two attached hydrogens (primary N) is 2. The average Bonchev–Trinajstić information content (AvgIpc) is 2.93. The molecule has 1 unspecified atom stereocenters. The molecule has 2 atom stereocenters. The van der Waals surface area contributed by atoms with Crippen molar-refractivity contribution < 1.29 is 14.7 Å². The van der Waals surface area contributed by atoms with E-state index >= 15 is 0 Å². The Balaban J connectivity index is 1.30. The minimum Gasteiger partial charge on any atom is -0.394 e. The Bertz CT molecular complexity index is 1200. The van der Waals surface area contributed by atoms with Crippen LogP contribution in [-0.4, -0.2) is 98.8 Å². The van der Waals surface area contributed by atoms with E-state index in [1.807, 2.05) is 24.3 Å². The Labute approximate surface area is 228 Å². The van der Waals surface area contributed by atoms with Crippen LogP contribution in [0, 0.1) is 5.92 Å². The van der Waals surface area contributed by atoms with E-state index in [2.05, 4.69) is 22.1 Å². The molecule has 0 bridgehead atoms. The lowest BCUT2D eigenvalue weighted by atomic mass is 9.91. The number of nitrogens with zero attached hydrogens (tertiary/aromatic N) is 5. The third-order valence-electron chi connectivity index (χ3n) is 7.71. The van der Waals surface area contributed by atoms with E-state index in [0.29, 0.717) is 37.8 Å². The minimum atomic E-state index is -1.35. The van der Waals surface area contributed by atoms with Gasteiger partial charge in [-0.1, -0.05) is 12.1 Å². The van der Waals surface area contributed by atoms with E-state index in [0.717, 1.165) is 32.5 Å². The van der Waals surface area contributed by atoms with Crippen molar-refractivity contribution in [2.24, 2.45) is 17.4 Å². The summed E-state index contributed by atoms with van der Waals surface area (Å²) in [4.78, 5) is 47.4. The standard InChI is InChI=1S/C27H40N8O4/c1-19(28)21-7-10-32(11-8-21)17-20-3-5-22(6-4-20)35-12-9-23(31-26(35)39)30-25(38)34-15-13-33(14-16-34)24(37)27(2,29)18-36/h3-6,9,12,19,21,36H,7-8,10-11,13-18,28-29H2,1-2H3,(H,30,31,38,39)/t19-,27?/m0/s1. The highest BCUT2D eigenvalue weighted by Crippen LogP contribution is 2.21. The molecule has 2 saturated heterocycles. The van der Waals surface area contributed by atoms with Gasteiger partial charge < -0.3 is 26.4 Å². The van der Waals surface area contributed by atoms with E-state index in [9.17, 15) is 19.5 Å². The summed E-state index contributed by atoms with van der Waals surface area (Å²) in [6, 6.07) is 9.26. The third kappa shape index (κ3) is 7.01. The molecule has 2 fully saturated rings. The first-order valence-corrected chi connectivity index (χ1v) is 13.5. The van der Waals surface area contributed by atoms with E-state index in [4.69, 9.17) is 11.5 Å². The van der Waals surface area contributed by atoms with Crippen molar-refractivity contribution in [1.82, 2.24) is 24.3 Å². The molecule has 6 N–H and O–H groups in total.